The molecular weight excluding hydrogens is 456 g/mol. The van der Waals surface area contributed by atoms with Crippen molar-refractivity contribution in [1.82, 2.24) is 14.9 Å². The van der Waals surface area contributed by atoms with Crippen LogP contribution in [0.4, 0.5) is 5.69 Å². The van der Waals surface area contributed by atoms with E-state index in [-0.39, 0.29) is 5.91 Å². The van der Waals surface area contributed by atoms with Gasteiger partial charge in [0, 0.05) is 30.6 Å². The summed E-state index contributed by atoms with van der Waals surface area (Å²) in [6.07, 6.45) is 7.26. The molecule has 1 aromatic carbocycles. The molecule has 0 bridgehead atoms. The van der Waals surface area contributed by atoms with Crippen LogP contribution in [0.15, 0.2) is 34.6 Å². The number of methoxy groups -OCH3 is 1. The van der Waals surface area contributed by atoms with E-state index in [1.54, 1.807) is 48.2 Å². The first-order valence-electron chi connectivity index (χ1n) is 9.54. The van der Waals surface area contributed by atoms with Crippen LogP contribution in [0, 0.1) is 0 Å². The standard InChI is InChI=1S/C20H22N4O4S3/c1-28-18-15(12-21-20(22-18)29-2)11-17-23(8-9-30-17)19(25)14-4-5-16-13(10-14)6-7-24(16)31(3,26)27/h4-5,10-12H,6-9H2,1-3H3/b17-11+. The third-order valence-corrected chi connectivity index (χ3v) is 7.83. The average molecular weight is 479 g/mol. The van der Waals surface area contributed by atoms with Gasteiger partial charge in [0.05, 0.1) is 29.6 Å². The monoisotopic (exact) mass is 478 g/mol. The molecule has 1 saturated heterocycles. The van der Waals surface area contributed by atoms with Crippen LogP contribution in [0.2, 0.25) is 0 Å². The van der Waals surface area contributed by atoms with Gasteiger partial charge in [-0.3, -0.25) is 9.10 Å². The molecule has 0 N–H and O–H groups in total. The summed E-state index contributed by atoms with van der Waals surface area (Å²) in [5, 5.41) is 1.43. The third kappa shape index (κ3) is 4.39. The van der Waals surface area contributed by atoms with Gasteiger partial charge in [0.15, 0.2) is 5.16 Å². The van der Waals surface area contributed by atoms with Crippen molar-refractivity contribution < 1.29 is 17.9 Å². The van der Waals surface area contributed by atoms with Crippen molar-refractivity contribution in [1.29, 1.82) is 0 Å². The van der Waals surface area contributed by atoms with Crippen LogP contribution in [0.3, 0.4) is 0 Å². The van der Waals surface area contributed by atoms with Gasteiger partial charge in [-0.2, -0.15) is 4.98 Å². The summed E-state index contributed by atoms with van der Waals surface area (Å²) in [7, 11) is -1.76. The number of amides is 1. The number of nitrogens with zero attached hydrogens (tertiary/aromatic N) is 4. The van der Waals surface area contributed by atoms with Crippen molar-refractivity contribution in [3.8, 4) is 5.88 Å². The minimum atomic E-state index is -3.32. The molecule has 3 heterocycles. The fourth-order valence-electron chi connectivity index (χ4n) is 3.61. The van der Waals surface area contributed by atoms with Gasteiger partial charge in [0.2, 0.25) is 15.9 Å². The number of ether oxygens (including phenoxy) is 1. The van der Waals surface area contributed by atoms with E-state index < -0.39 is 10.0 Å². The molecule has 11 heteroatoms. The van der Waals surface area contributed by atoms with Gasteiger partial charge < -0.3 is 9.64 Å². The summed E-state index contributed by atoms with van der Waals surface area (Å²) >= 11 is 3.02. The van der Waals surface area contributed by atoms with Gasteiger partial charge in [0.1, 0.15) is 0 Å². The van der Waals surface area contributed by atoms with E-state index in [2.05, 4.69) is 9.97 Å². The normalized spacial score (nSPS) is 17.3. The Morgan fingerprint density at radius 1 is 1.32 bits per heavy atom. The number of anilines is 1. The number of rotatable bonds is 5. The molecule has 1 amide bonds. The van der Waals surface area contributed by atoms with Crippen molar-refractivity contribution in [2.24, 2.45) is 0 Å². The van der Waals surface area contributed by atoms with E-state index in [4.69, 9.17) is 4.74 Å². The second kappa shape index (κ2) is 8.71. The lowest BCUT2D eigenvalue weighted by molar-refractivity contribution is 0.0831. The molecule has 2 aromatic rings. The molecule has 31 heavy (non-hydrogen) atoms. The fourth-order valence-corrected chi connectivity index (χ4v) is 5.92. The zero-order chi connectivity index (χ0) is 22.2. The summed E-state index contributed by atoms with van der Waals surface area (Å²) < 4.78 is 30.7. The maximum Gasteiger partial charge on any atom is 0.258 e. The number of carbonyl (C=O) groups is 1. The average Bonchev–Trinajstić information content (AvgIpc) is 3.39. The lowest BCUT2D eigenvalue weighted by Gasteiger charge is -2.19. The van der Waals surface area contributed by atoms with Crippen LogP contribution in [0.1, 0.15) is 21.5 Å². The summed E-state index contributed by atoms with van der Waals surface area (Å²) in [5.74, 6) is 1.14. The van der Waals surface area contributed by atoms with Crippen LogP contribution < -0.4 is 9.04 Å². The summed E-state index contributed by atoms with van der Waals surface area (Å²) in [6.45, 7) is 0.996. The molecule has 8 nitrogen and oxygen atoms in total. The highest BCUT2D eigenvalue weighted by Gasteiger charge is 2.30. The van der Waals surface area contributed by atoms with Crippen molar-refractivity contribution in [3.63, 3.8) is 0 Å². The minimum Gasteiger partial charge on any atom is -0.480 e. The van der Waals surface area contributed by atoms with E-state index in [9.17, 15) is 13.2 Å². The number of benzene rings is 1. The smallest absolute Gasteiger partial charge is 0.258 e. The first-order chi connectivity index (χ1) is 14.8. The van der Waals surface area contributed by atoms with Crippen molar-refractivity contribution in [2.75, 3.05) is 42.8 Å². The lowest BCUT2D eigenvalue weighted by atomic mass is 10.1. The zero-order valence-corrected chi connectivity index (χ0v) is 19.8. The van der Waals surface area contributed by atoms with Gasteiger partial charge in [-0.25, -0.2) is 13.4 Å². The zero-order valence-electron chi connectivity index (χ0n) is 17.4. The molecule has 0 atom stereocenters. The van der Waals surface area contributed by atoms with Crippen LogP contribution >= 0.6 is 23.5 Å². The third-order valence-electron chi connectivity index (χ3n) is 5.07. The van der Waals surface area contributed by atoms with Gasteiger partial charge >= 0.3 is 0 Å². The Kier molecular flexibility index (Phi) is 6.18. The number of hydrogen-bond donors (Lipinski definition) is 0. The molecule has 0 aliphatic carbocycles. The maximum atomic E-state index is 13.3. The number of fused-ring (bicyclic) bond motifs is 1. The van der Waals surface area contributed by atoms with Gasteiger partial charge in [0.25, 0.3) is 5.91 Å². The van der Waals surface area contributed by atoms with Gasteiger partial charge in [-0.05, 0) is 42.5 Å². The van der Waals surface area contributed by atoms with Gasteiger partial charge in [-0.15, -0.1) is 11.8 Å². The Morgan fingerprint density at radius 3 is 2.84 bits per heavy atom. The first kappa shape index (κ1) is 22.0. The van der Waals surface area contributed by atoms with Crippen molar-refractivity contribution >= 4 is 51.2 Å². The highest BCUT2D eigenvalue weighted by atomic mass is 32.2. The van der Waals surface area contributed by atoms with E-state index in [1.165, 1.54) is 22.3 Å². The Bertz CT molecular complexity index is 1170. The molecule has 2 aliphatic heterocycles. The predicted molar refractivity (Wildman–Crippen MR) is 124 cm³/mol. The lowest BCUT2D eigenvalue weighted by Crippen LogP contribution is -2.28. The van der Waals surface area contributed by atoms with Crippen LogP contribution in [0.5, 0.6) is 5.88 Å². The first-order valence-corrected chi connectivity index (χ1v) is 13.6. The summed E-state index contributed by atoms with van der Waals surface area (Å²) in [5.41, 5.74) is 2.78. The molecule has 0 saturated carbocycles. The van der Waals surface area contributed by atoms with Crippen LogP contribution in [-0.2, 0) is 16.4 Å². The number of carbonyl (C=O) groups excluding carboxylic acids is 1. The molecule has 2 aliphatic rings. The van der Waals surface area contributed by atoms with Crippen LogP contribution in [0.25, 0.3) is 6.08 Å². The minimum absolute atomic E-state index is 0.113. The Hall–Kier alpha value is -2.24. The molecule has 1 fully saturated rings. The molecule has 164 valence electrons. The number of sulfonamides is 1. The second-order valence-corrected chi connectivity index (χ2v) is 10.8. The summed E-state index contributed by atoms with van der Waals surface area (Å²) in [6, 6.07) is 5.23. The highest BCUT2D eigenvalue weighted by molar-refractivity contribution is 8.03. The van der Waals surface area contributed by atoms with Crippen molar-refractivity contribution in [3.05, 3.63) is 46.1 Å². The molecule has 0 radical (unpaired) electrons. The SMILES string of the molecule is COc1nc(SC)ncc1/C=C1/SCCN1C(=O)c1ccc2c(c1)CCN2S(C)(=O)=O. The van der Waals surface area contributed by atoms with Gasteiger partial charge in [-0.1, -0.05) is 11.8 Å². The molecule has 1 aromatic heterocycles. The Morgan fingerprint density at radius 2 is 2.13 bits per heavy atom. The van der Waals surface area contributed by atoms with E-state index in [0.29, 0.717) is 47.4 Å². The predicted octanol–water partition coefficient (Wildman–Crippen LogP) is 2.72. The van der Waals surface area contributed by atoms with E-state index >= 15 is 0 Å². The van der Waals surface area contributed by atoms with E-state index in [1.807, 2.05) is 12.3 Å². The highest BCUT2D eigenvalue weighted by Crippen LogP contribution is 2.35. The maximum absolute atomic E-state index is 13.3. The Labute approximate surface area is 190 Å². The van der Waals surface area contributed by atoms with E-state index in [0.717, 1.165) is 16.3 Å². The fraction of sp³-hybridized carbons (Fsp3) is 0.350. The molecule has 0 spiro atoms. The van der Waals surface area contributed by atoms with Crippen LogP contribution in [-0.4, -0.2) is 67.7 Å². The number of hydrogen-bond acceptors (Lipinski definition) is 8. The van der Waals surface area contributed by atoms with Crippen molar-refractivity contribution in [2.45, 2.75) is 11.6 Å². The topological polar surface area (TPSA) is 92.7 Å². The molecule has 4 rings (SSSR count). The Balaban J connectivity index is 1.62. The quantitative estimate of drug-likeness (QED) is 0.478. The molecule has 0 unspecified atom stereocenters. The second-order valence-electron chi connectivity index (χ2n) is 7.04. The number of aromatic nitrogens is 2. The largest absolute Gasteiger partial charge is 0.480 e. The molecular formula is C20H22N4O4S3. The summed E-state index contributed by atoms with van der Waals surface area (Å²) in [4.78, 5) is 23.7. The number of thioether (sulfide) groups is 2.